The second kappa shape index (κ2) is 4.67. The third-order valence-corrected chi connectivity index (χ3v) is 3.31. The Morgan fingerprint density at radius 1 is 1.31 bits per heavy atom. The predicted octanol–water partition coefficient (Wildman–Crippen LogP) is 2.18. The Morgan fingerprint density at radius 3 is 2.50 bits per heavy atom. The summed E-state index contributed by atoms with van der Waals surface area (Å²) >= 11 is 1.58. The molecule has 2 rings (SSSR count). The van der Waals surface area contributed by atoms with Crippen LogP contribution in [0.2, 0.25) is 0 Å². The highest BCUT2D eigenvalue weighted by molar-refractivity contribution is 7.15. The van der Waals surface area contributed by atoms with Crippen LogP contribution in [0.15, 0.2) is 18.5 Å². The first-order valence-electron chi connectivity index (χ1n) is 5.19. The Bertz CT molecular complexity index is 464. The Labute approximate surface area is 98.6 Å². The standard InChI is InChI=1S/C11H14N4S/c1-7(2)9-8(6-12)16-11(15-9)10-13-4-3-5-14-10/h3-5,7H,6,12H2,1-2H3. The molecule has 0 saturated heterocycles. The summed E-state index contributed by atoms with van der Waals surface area (Å²) in [5.41, 5.74) is 6.77. The van der Waals surface area contributed by atoms with Crippen molar-refractivity contribution in [3.63, 3.8) is 0 Å². The van der Waals surface area contributed by atoms with E-state index in [4.69, 9.17) is 5.73 Å². The van der Waals surface area contributed by atoms with Crippen molar-refractivity contribution >= 4 is 11.3 Å². The number of nitrogens with two attached hydrogens (primary N) is 1. The maximum Gasteiger partial charge on any atom is 0.188 e. The first-order valence-corrected chi connectivity index (χ1v) is 6.01. The first kappa shape index (κ1) is 11.2. The SMILES string of the molecule is CC(C)c1nc(-c2ncccn2)sc1CN. The molecular weight excluding hydrogens is 220 g/mol. The smallest absolute Gasteiger partial charge is 0.188 e. The van der Waals surface area contributed by atoms with Gasteiger partial charge in [0.05, 0.1) is 5.69 Å². The van der Waals surface area contributed by atoms with Gasteiger partial charge in [0.25, 0.3) is 0 Å². The minimum atomic E-state index is 0.382. The van der Waals surface area contributed by atoms with Crippen molar-refractivity contribution in [3.05, 3.63) is 29.0 Å². The quantitative estimate of drug-likeness (QED) is 0.884. The summed E-state index contributed by atoms with van der Waals surface area (Å²) < 4.78 is 0. The second-order valence-electron chi connectivity index (χ2n) is 3.76. The minimum absolute atomic E-state index is 0.382. The lowest BCUT2D eigenvalue weighted by Gasteiger charge is -2.01. The van der Waals surface area contributed by atoms with E-state index in [0.717, 1.165) is 15.6 Å². The average molecular weight is 234 g/mol. The second-order valence-corrected chi connectivity index (χ2v) is 4.84. The van der Waals surface area contributed by atoms with E-state index in [-0.39, 0.29) is 0 Å². The maximum atomic E-state index is 5.71. The number of hydrogen-bond acceptors (Lipinski definition) is 5. The fourth-order valence-corrected chi connectivity index (χ4v) is 2.51. The molecule has 4 nitrogen and oxygen atoms in total. The Hall–Kier alpha value is -1.33. The Balaban J connectivity index is 2.44. The summed E-state index contributed by atoms with van der Waals surface area (Å²) in [4.78, 5) is 14.1. The van der Waals surface area contributed by atoms with E-state index < -0.39 is 0 Å². The minimum Gasteiger partial charge on any atom is -0.326 e. The maximum absolute atomic E-state index is 5.71. The molecule has 0 aliphatic rings. The van der Waals surface area contributed by atoms with Gasteiger partial charge in [0.1, 0.15) is 0 Å². The highest BCUT2D eigenvalue weighted by Crippen LogP contribution is 2.29. The van der Waals surface area contributed by atoms with E-state index in [1.807, 2.05) is 0 Å². The highest BCUT2D eigenvalue weighted by Gasteiger charge is 2.15. The zero-order valence-electron chi connectivity index (χ0n) is 9.34. The van der Waals surface area contributed by atoms with Gasteiger partial charge in [-0.1, -0.05) is 13.8 Å². The zero-order valence-corrected chi connectivity index (χ0v) is 10.2. The van der Waals surface area contributed by atoms with E-state index >= 15 is 0 Å². The number of aromatic nitrogens is 3. The lowest BCUT2D eigenvalue weighted by atomic mass is 10.1. The molecule has 2 heterocycles. The van der Waals surface area contributed by atoms with Crippen LogP contribution in [0.4, 0.5) is 0 Å². The summed E-state index contributed by atoms with van der Waals surface area (Å²) in [6.45, 7) is 4.76. The van der Waals surface area contributed by atoms with Crippen LogP contribution in [0.25, 0.3) is 10.8 Å². The fraction of sp³-hybridized carbons (Fsp3) is 0.364. The van der Waals surface area contributed by atoms with Crippen molar-refractivity contribution in [1.29, 1.82) is 0 Å². The molecule has 84 valence electrons. The van der Waals surface area contributed by atoms with E-state index in [9.17, 15) is 0 Å². The van der Waals surface area contributed by atoms with Gasteiger partial charge < -0.3 is 5.73 Å². The molecule has 2 aromatic heterocycles. The fourth-order valence-electron chi connectivity index (χ4n) is 1.47. The Morgan fingerprint density at radius 2 is 2.00 bits per heavy atom. The molecule has 0 amide bonds. The van der Waals surface area contributed by atoms with E-state index in [2.05, 4.69) is 28.8 Å². The summed E-state index contributed by atoms with van der Waals surface area (Å²) in [6, 6.07) is 1.80. The van der Waals surface area contributed by atoms with Crippen LogP contribution in [0.1, 0.15) is 30.3 Å². The van der Waals surface area contributed by atoms with Gasteiger partial charge in [0, 0.05) is 23.8 Å². The number of rotatable bonds is 3. The number of nitrogens with zero attached hydrogens (tertiary/aromatic N) is 3. The molecule has 0 aromatic carbocycles. The van der Waals surface area contributed by atoms with Gasteiger partial charge in [-0.3, -0.25) is 0 Å². The van der Waals surface area contributed by atoms with Crippen molar-refractivity contribution in [2.75, 3.05) is 0 Å². The highest BCUT2D eigenvalue weighted by atomic mass is 32.1. The first-order chi connectivity index (χ1) is 7.72. The molecule has 2 N–H and O–H groups in total. The van der Waals surface area contributed by atoms with Gasteiger partial charge in [-0.2, -0.15) is 0 Å². The molecule has 16 heavy (non-hydrogen) atoms. The van der Waals surface area contributed by atoms with Crippen molar-refractivity contribution in [2.24, 2.45) is 5.73 Å². The molecule has 0 aliphatic heterocycles. The number of thiazole rings is 1. The lowest BCUT2D eigenvalue weighted by molar-refractivity contribution is 0.813. The predicted molar refractivity (Wildman–Crippen MR) is 65.1 cm³/mol. The van der Waals surface area contributed by atoms with E-state index in [1.165, 1.54) is 0 Å². The van der Waals surface area contributed by atoms with Crippen LogP contribution >= 0.6 is 11.3 Å². The summed E-state index contributed by atoms with van der Waals surface area (Å²) in [5.74, 6) is 1.06. The van der Waals surface area contributed by atoms with Crippen LogP contribution < -0.4 is 5.73 Å². The van der Waals surface area contributed by atoms with Crippen molar-refractivity contribution in [3.8, 4) is 10.8 Å². The summed E-state index contributed by atoms with van der Waals surface area (Å²) in [5, 5.41) is 0.852. The van der Waals surface area contributed by atoms with Crippen LogP contribution in [0.3, 0.4) is 0 Å². The number of hydrogen-bond donors (Lipinski definition) is 1. The van der Waals surface area contributed by atoms with E-state index in [0.29, 0.717) is 18.3 Å². The van der Waals surface area contributed by atoms with Crippen LogP contribution in [-0.2, 0) is 6.54 Å². The third-order valence-electron chi connectivity index (χ3n) is 2.22. The van der Waals surface area contributed by atoms with Crippen molar-refractivity contribution < 1.29 is 0 Å². The Kier molecular flexibility index (Phi) is 3.26. The molecular formula is C11H14N4S. The monoisotopic (exact) mass is 234 g/mol. The van der Waals surface area contributed by atoms with Crippen molar-refractivity contribution in [1.82, 2.24) is 15.0 Å². The molecule has 0 bridgehead atoms. The third kappa shape index (κ3) is 2.10. The topological polar surface area (TPSA) is 64.7 Å². The van der Waals surface area contributed by atoms with Gasteiger partial charge in [0.15, 0.2) is 10.8 Å². The van der Waals surface area contributed by atoms with Crippen LogP contribution in [-0.4, -0.2) is 15.0 Å². The molecule has 0 unspecified atom stereocenters. The van der Waals surface area contributed by atoms with Crippen molar-refractivity contribution in [2.45, 2.75) is 26.3 Å². The van der Waals surface area contributed by atoms with Gasteiger partial charge >= 0.3 is 0 Å². The molecule has 0 atom stereocenters. The normalized spacial score (nSPS) is 11.0. The largest absolute Gasteiger partial charge is 0.326 e. The molecule has 0 radical (unpaired) electrons. The van der Waals surface area contributed by atoms with Gasteiger partial charge in [-0.15, -0.1) is 11.3 Å². The van der Waals surface area contributed by atoms with Gasteiger partial charge in [-0.25, -0.2) is 15.0 Å². The van der Waals surface area contributed by atoms with Gasteiger partial charge in [-0.05, 0) is 12.0 Å². The van der Waals surface area contributed by atoms with E-state index in [1.54, 1.807) is 29.8 Å². The zero-order chi connectivity index (χ0) is 11.5. The lowest BCUT2D eigenvalue weighted by Crippen LogP contribution is -1.99. The molecule has 2 aromatic rings. The molecule has 0 saturated carbocycles. The van der Waals surface area contributed by atoms with Gasteiger partial charge in [0.2, 0.25) is 0 Å². The molecule has 0 spiro atoms. The average Bonchev–Trinajstić information content (AvgIpc) is 2.74. The molecule has 0 fully saturated rings. The summed E-state index contributed by atoms with van der Waals surface area (Å²) in [7, 11) is 0. The van der Waals surface area contributed by atoms with Crippen LogP contribution in [0.5, 0.6) is 0 Å². The molecule has 5 heteroatoms. The van der Waals surface area contributed by atoms with Crippen LogP contribution in [0, 0.1) is 0 Å². The molecule has 0 aliphatic carbocycles. The summed E-state index contributed by atoms with van der Waals surface area (Å²) in [6.07, 6.45) is 3.45.